The molecule has 4 rings (SSSR count). The van der Waals surface area contributed by atoms with Gasteiger partial charge in [0, 0.05) is 55.6 Å². The third-order valence-electron chi connectivity index (χ3n) is 16.5. The molecule has 0 aliphatic carbocycles. The minimum Gasteiger partial charge on any atom is -0.459 e. The number of hydroxylamine groups is 2. The molecule has 18 nitrogen and oxygen atoms in total. The summed E-state index contributed by atoms with van der Waals surface area (Å²) in [7, 11) is 3.07. The quantitative estimate of drug-likeness (QED) is 0.0165. The summed E-state index contributed by atoms with van der Waals surface area (Å²) in [6.07, 6.45) is 5.95. The zero-order chi connectivity index (χ0) is 81.2. The van der Waals surface area contributed by atoms with Crippen molar-refractivity contribution >= 4 is 52.6 Å². The molecule has 3 aromatic rings. The van der Waals surface area contributed by atoms with Gasteiger partial charge in [0.1, 0.15) is 23.1 Å². The van der Waals surface area contributed by atoms with E-state index in [1.165, 1.54) is 41.3 Å². The van der Waals surface area contributed by atoms with Crippen LogP contribution in [0.1, 0.15) is 289 Å². The van der Waals surface area contributed by atoms with E-state index < -0.39 is 16.7 Å². The molecule has 2 heterocycles. The smallest absolute Gasteiger partial charge is 0.338 e. The monoisotopic (exact) mass is 1470 g/mol. The Labute approximate surface area is 629 Å². The maximum Gasteiger partial charge on any atom is 0.338 e. The van der Waals surface area contributed by atoms with Crippen LogP contribution in [0.25, 0.3) is 0 Å². The van der Waals surface area contributed by atoms with Crippen LogP contribution in [0.4, 0.5) is 15.9 Å². The number of ether oxygens (including phenoxy) is 1. The molecule has 0 fully saturated rings. The van der Waals surface area contributed by atoms with E-state index in [-0.39, 0.29) is 94.0 Å². The maximum atomic E-state index is 13.8. The number of imide groups is 1. The SMILES string of the molecule is CC(C)CC(=O)C(C)C.CC(C)CC(O)C(C)C.CC(C)CC(O)C(C)C.CC(C)CC(OC(=O)c1ccc([N+](=O)[O-])cc1)C(C)C.CC(C)C[C@@H](N)C(C)C.CC(C)C[C@@H](Nc1nc(Cl)c(C#N)cc1F)C(C)C.CC(C)C[C@H](C(C)C)N1C(=O)c2ccccc2C1=O.CON(C)C(=O)C(C)C. The molecule has 5 N–H and O–H groups in total. The number of aromatic nitrogens is 1. The number of halogens is 2. The van der Waals surface area contributed by atoms with Crippen molar-refractivity contribution in [1.29, 1.82) is 5.26 Å². The largest absolute Gasteiger partial charge is 0.459 e. The molecule has 3 unspecified atom stereocenters. The van der Waals surface area contributed by atoms with E-state index in [0.29, 0.717) is 87.7 Å². The van der Waals surface area contributed by atoms with Gasteiger partial charge in [-0.15, -0.1) is 0 Å². The summed E-state index contributed by atoms with van der Waals surface area (Å²) >= 11 is 5.83. The van der Waals surface area contributed by atoms with E-state index in [1.54, 1.807) is 31.3 Å². The van der Waals surface area contributed by atoms with Gasteiger partial charge in [0.05, 0.1) is 46.5 Å². The standard InChI is InChI=1S/C16H21NO2.C15H21NO4.C14H19ClFN3.C8H19N.2C8H18O.C8H16O.C6H13NO2/c1-10(2)9-14(11(3)4)17-15(18)12-7-5-6-8-13(12)16(17)19;1-10(2)9-14(11(3)4)20-15(17)12-5-7-13(8-6-12)16(18)19;1-8(2)5-12(9(3)4)18-14-11(16)6-10(7-17)13(15)19-14;4*1-6(2)5-8(9)7(3)4;1-5(2)6(8)7(3)9-4/h5-8,10-11,14H,9H2,1-4H3;5-8,10-11,14H,9H2,1-4H3;6,8-9,12H,5H2,1-4H3,(H,18,19);6-8H,5,9H2,1-4H3;2*6-9H,5H2,1-4H3;6-7H,5H2,1-4H3;5H,1-4H3/t14-;;12-;8-;;;;/m1.11..../s1. The van der Waals surface area contributed by atoms with Crippen LogP contribution < -0.4 is 11.1 Å². The van der Waals surface area contributed by atoms with Crippen LogP contribution in [0, 0.1) is 116 Å². The molecule has 0 saturated heterocycles. The van der Waals surface area contributed by atoms with E-state index >= 15 is 0 Å². The lowest BCUT2D eigenvalue weighted by Crippen LogP contribution is -2.43. The van der Waals surface area contributed by atoms with Crippen molar-refractivity contribution < 1.29 is 53.1 Å². The Morgan fingerprint density at radius 1 is 0.621 bits per heavy atom. The number of nitriles is 1. The van der Waals surface area contributed by atoms with Crippen molar-refractivity contribution in [3.63, 3.8) is 0 Å². The number of carbonyl (C=O) groups excluding carboxylic acids is 5. The number of aliphatic hydroxyl groups is 2. The third kappa shape index (κ3) is 46.6. The van der Waals surface area contributed by atoms with Crippen molar-refractivity contribution in [3.05, 3.63) is 97.9 Å². The molecular weight excluding hydrogens is 1330 g/mol. The second-order valence-electron chi connectivity index (χ2n) is 32.8. The van der Waals surface area contributed by atoms with Crippen LogP contribution in [-0.4, -0.2) is 110 Å². The van der Waals surface area contributed by atoms with E-state index in [2.05, 4.69) is 154 Å². The Morgan fingerprint density at radius 3 is 1.32 bits per heavy atom. The van der Waals surface area contributed by atoms with Crippen LogP contribution in [-0.2, 0) is 19.2 Å². The first-order chi connectivity index (χ1) is 47.3. The van der Waals surface area contributed by atoms with Crippen molar-refractivity contribution in [3.8, 4) is 6.07 Å². The fourth-order valence-corrected chi connectivity index (χ4v) is 9.94. The molecule has 3 amide bonds. The van der Waals surface area contributed by atoms with Gasteiger partial charge in [0.25, 0.3) is 17.5 Å². The van der Waals surface area contributed by atoms with E-state index in [0.717, 1.165) is 56.9 Å². The van der Waals surface area contributed by atoms with Crippen LogP contribution in [0.3, 0.4) is 0 Å². The molecule has 592 valence electrons. The number of esters is 1. The first-order valence-corrected chi connectivity index (χ1v) is 38.1. The number of non-ortho nitro benzene ring substituents is 1. The number of nitro groups is 1. The number of pyridine rings is 1. The van der Waals surface area contributed by atoms with Crippen LogP contribution in [0.5, 0.6) is 0 Å². The molecule has 103 heavy (non-hydrogen) atoms. The average molecular weight is 1470 g/mol. The second-order valence-corrected chi connectivity index (χ2v) is 33.2. The van der Waals surface area contributed by atoms with Gasteiger partial charge in [-0.05, 0) is 146 Å². The number of aliphatic hydroxyl groups excluding tert-OH is 2. The van der Waals surface area contributed by atoms with Gasteiger partial charge in [0.15, 0.2) is 11.6 Å². The summed E-state index contributed by atoms with van der Waals surface area (Å²) in [6.45, 7) is 62.1. The number of fused-ring (bicyclic) bond motifs is 1. The highest BCUT2D eigenvalue weighted by molar-refractivity contribution is 6.30. The van der Waals surface area contributed by atoms with Gasteiger partial charge in [-0.2, -0.15) is 5.26 Å². The third-order valence-corrected chi connectivity index (χ3v) is 16.7. The summed E-state index contributed by atoms with van der Waals surface area (Å²) in [5, 5.41) is 42.3. The zero-order valence-electron chi connectivity index (χ0n) is 69.9. The number of ketones is 1. The molecule has 0 radical (unpaired) electrons. The number of nitrogens with zero attached hydrogens (tertiary/aromatic N) is 5. The number of rotatable bonds is 29. The number of benzene rings is 2. The maximum absolute atomic E-state index is 13.8. The minimum absolute atomic E-state index is 0.00231. The Bertz CT molecular complexity index is 2800. The summed E-state index contributed by atoms with van der Waals surface area (Å²) < 4.78 is 19.3. The number of hydrogen-bond acceptors (Lipinski definition) is 15. The Balaban J connectivity index is -0.000000560. The van der Waals surface area contributed by atoms with Crippen LogP contribution in [0.2, 0.25) is 5.15 Å². The number of nitro benzene ring substituents is 1. The van der Waals surface area contributed by atoms with E-state index in [4.69, 9.17) is 27.3 Å². The molecule has 0 bridgehead atoms. The average Bonchev–Trinajstić information content (AvgIpc) is 1.62. The molecule has 6 atom stereocenters. The summed E-state index contributed by atoms with van der Waals surface area (Å²) in [5.74, 6) is 5.63. The molecule has 20 heteroatoms. The molecule has 1 aliphatic rings. The number of anilines is 1. The van der Waals surface area contributed by atoms with Gasteiger partial charge < -0.3 is 26.0 Å². The van der Waals surface area contributed by atoms with E-state index in [9.17, 15) is 48.7 Å². The van der Waals surface area contributed by atoms with E-state index in [1.807, 2.05) is 75.3 Å². The molecule has 1 aromatic heterocycles. The number of Topliss-reactive ketones (excluding diaryl/α,β-unsaturated/α-hetero) is 1. The van der Waals surface area contributed by atoms with Gasteiger partial charge in [0.2, 0.25) is 5.91 Å². The van der Waals surface area contributed by atoms with Gasteiger partial charge in [-0.1, -0.05) is 231 Å². The highest BCUT2D eigenvalue weighted by Crippen LogP contribution is 2.31. The molecule has 2 aromatic carbocycles. The van der Waals surface area contributed by atoms with Crippen molar-refractivity contribution in [2.24, 2.45) is 94.5 Å². The number of carbonyl (C=O) groups is 5. The number of nitrogens with one attached hydrogen (secondary N) is 1. The lowest BCUT2D eigenvalue weighted by Gasteiger charge is -2.30. The Morgan fingerprint density at radius 2 is 1.05 bits per heavy atom. The first kappa shape index (κ1) is 103. The second kappa shape index (κ2) is 54.6. The molecule has 0 spiro atoms. The zero-order valence-corrected chi connectivity index (χ0v) is 70.7. The lowest BCUT2D eigenvalue weighted by atomic mass is 9.93. The Hall–Kier alpha value is -5.91. The van der Waals surface area contributed by atoms with Crippen molar-refractivity contribution in [1.82, 2.24) is 14.9 Å². The molecule has 0 saturated carbocycles. The predicted molar refractivity (Wildman–Crippen MR) is 424 cm³/mol. The molecular formula is C83H145ClFN7O11. The van der Waals surface area contributed by atoms with Crippen LogP contribution in [0.15, 0.2) is 54.6 Å². The number of amides is 3. The highest BCUT2D eigenvalue weighted by Gasteiger charge is 2.41. The van der Waals surface area contributed by atoms with Crippen molar-refractivity contribution in [2.75, 3.05) is 19.5 Å². The van der Waals surface area contributed by atoms with Crippen molar-refractivity contribution in [2.45, 2.75) is 289 Å². The summed E-state index contributed by atoms with van der Waals surface area (Å²) in [6, 6.07) is 16.0. The fourth-order valence-electron chi connectivity index (χ4n) is 9.76. The van der Waals surface area contributed by atoms with Crippen LogP contribution >= 0.6 is 11.6 Å². The lowest BCUT2D eigenvalue weighted by molar-refractivity contribution is -0.384. The fraction of sp³-hybridized carbons (Fsp3) is 0.723. The number of nitrogens with two attached hydrogens (primary N) is 1. The van der Waals surface area contributed by atoms with Gasteiger partial charge >= 0.3 is 5.97 Å². The topological polar surface area (TPSA) is 269 Å². The normalized spacial score (nSPS) is 13.5. The van der Waals surface area contributed by atoms with Gasteiger partial charge in [-0.3, -0.25) is 39.0 Å². The predicted octanol–water partition coefficient (Wildman–Crippen LogP) is 20.4. The highest BCUT2D eigenvalue weighted by atomic mass is 35.5. The minimum atomic E-state index is -0.546. The molecule has 1 aliphatic heterocycles. The number of hydrogen-bond donors (Lipinski definition) is 4. The Kier molecular flexibility index (Phi) is 54.9. The summed E-state index contributed by atoms with van der Waals surface area (Å²) in [4.78, 5) is 78.9. The summed E-state index contributed by atoms with van der Waals surface area (Å²) in [5.41, 5.74) is 7.26. The first-order valence-electron chi connectivity index (χ1n) is 37.7. The van der Waals surface area contributed by atoms with Gasteiger partial charge in [-0.25, -0.2) is 19.2 Å².